The van der Waals surface area contributed by atoms with Crippen molar-refractivity contribution in [3.8, 4) is 11.5 Å². The van der Waals surface area contributed by atoms with Gasteiger partial charge in [0.2, 0.25) is 0 Å². The van der Waals surface area contributed by atoms with Crippen LogP contribution in [0.5, 0.6) is 11.5 Å². The van der Waals surface area contributed by atoms with Crippen LogP contribution in [0, 0.1) is 5.92 Å². The maximum atomic E-state index is 12.1. The first kappa shape index (κ1) is 22.1. The van der Waals surface area contributed by atoms with Crippen LogP contribution in [-0.4, -0.2) is 36.1 Å². The standard InChI is InChI=1S/C22H25N3O3S2/c1-4-27-19-11-16(9-10-18(19)28-13-15(2)3)12-23-25-21(26)14-29-22-24-17-7-5-6-8-20(17)30-22/h5-12,15H,4,13-14H2,1-3H3,(H,25,26)/b23-12+. The summed E-state index contributed by atoms with van der Waals surface area (Å²) >= 11 is 2.98. The number of hydrogen-bond acceptors (Lipinski definition) is 7. The molecule has 0 aliphatic carbocycles. The lowest BCUT2D eigenvalue weighted by atomic mass is 10.2. The fourth-order valence-corrected chi connectivity index (χ4v) is 4.36. The highest BCUT2D eigenvalue weighted by molar-refractivity contribution is 8.01. The summed E-state index contributed by atoms with van der Waals surface area (Å²) in [7, 11) is 0. The van der Waals surface area contributed by atoms with Gasteiger partial charge >= 0.3 is 0 Å². The highest BCUT2D eigenvalue weighted by Gasteiger charge is 2.08. The maximum Gasteiger partial charge on any atom is 0.250 e. The van der Waals surface area contributed by atoms with Crippen molar-refractivity contribution >= 4 is 45.4 Å². The van der Waals surface area contributed by atoms with Crippen LogP contribution in [0.15, 0.2) is 51.9 Å². The molecule has 0 saturated carbocycles. The van der Waals surface area contributed by atoms with Gasteiger partial charge in [0.05, 0.1) is 35.4 Å². The minimum Gasteiger partial charge on any atom is -0.490 e. The number of fused-ring (bicyclic) bond motifs is 1. The van der Waals surface area contributed by atoms with Gasteiger partial charge in [0.15, 0.2) is 15.8 Å². The smallest absolute Gasteiger partial charge is 0.250 e. The molecule has 0 bridgehead atoms. The number of rotatable bonds is 10. The fourth-order valence-electron chi connectivity index (χ4n) is 2.50. The summed E-state index contributed by atoms with van der Waals surface area (Å²) in [5.74, 6) is 1.87. The predicted molar refractivity (Wildman–Crippen MR) is 124 cm³/mol. The van der Waals surface area contributed by atoms with Gasteiger partial charge in [0.25, 0.3) is 5.91 Å². The Morgan fingerprint density at radius 3 is 2.83 bits per heavy atom. The molecule has 0 fully saturated rings. The number of nitrogens with one attached hydrogen (secondary N) is 1. The Labute approximate surface area is 184 Å². The lowest BCUT2D eigenvalue weighted by Crippen LogP contribution is -2.19. The maximum absolute atomic E-state index is 12.1. The molecule has 0 atom stereocenters. The topological polar surface area (TPSA) is 72.8 Å². The summed E-state index contributed by atoms with van der Waals surface area (Å²) in [6, 6.07) is 13.5. The van der Waals surface area contributed by atoms with E-state index in [2.05, 4.69) is 29.4 Å². The molecule has 8 heteroatoms. The quantitative estimate of drug-likeness (QED) is 0.272. The van der Waals surface area contributed by atoms with Crippen LogP contribution in [0.3, 0.4) is 0 Å². The normalized spacial score (nSPS) is 11.3. The Bertz CT molecular complexity index is 985. The Kier molecular flexibility index (Phi) is 8.10. The van der Waals surface area contributed by atoms with E-state index in [4.69, 9.17) is 9.47 Å². The minimum atomic E-state index is -0.183. The summed E-state index contributed by atoms with van der Waals surface area (Å²) in [5, 5.41) is 4.05. The van der Waals surface area contributed by atoms with Crippen molar-refractivity contribution < 1.29 is 14.3 Å². The zero-order chi connectivity index (χ0) is 21.3. The molecule has 2 aromatic carbocycles. The lowest BCUT2D eigenvalue weighted by molar-refractivity contribution is -0.118. The van der Waals surface area contributed by atoms with E-state index in [0.717, 1.165) is 20.1 Å². The molecule has 3 aromatic rings. The third-order valence-electron chi connectivity index (χ3n) is 3.84. The number of para-hydroxylation sites is 1. The van der Waals surface area contributed by atoms with Crippen LogP contribution in [0.25, 0.3) is 10.2 Å². The van der Waals surface area contributed by atoms with E-state index in [-0.39, 0.29) is 11.7 Å². The molecule has 6 nitrogen and oxygen atoms in total. The Balaban J connectivity index is 1.53. The second-order valence-corrected chi connectivity index (χ2v) is 9.13. The lowest BCUT2D eigenvalue weighted by Gasteiger charge is -2.13. The van der Waals surface area contributed by atoms with Crippen LogP contribution in [0.1, 0.15) is 26.3 Å². The number of carbonyl (C=O) groups excluding carboxylic acids is 1. The van der Waals surface area contributed by atoms with Gasteiger partial charge in [-0.25, -0.2) is 10.4 Å². The molecule has 0 spiro atoms. The highest BCUT2D eigenvalue weighted by Crippen LogP contribution is 2.29. The molecular formula is C22H25N3O3S2. The average Bonchev–Trinajstić information content (AvgIpc) is 3.15. The second-order valence-electron chi connectivity index (χ2n) is 6.87. The van der Waals surface area contributed by atoms with Gasteiger partial charge in [-0.15, -0.1) is 11.3 Å². The van der Waals surface area contributed by atoms with E-state index in [9.17, 15) is 4.79 Å². The fraction of sp³-hybridized carbons (Fsp3) is 0.318. The molecule has 1 amide bonds. The summed E-state index contributed by atoms with van der Waals surface area (Å²) < 4.78 is 13.4. The molecule has 0 unspecified atom stereocenters. The number of thioether (sulfide) groups is 1. The van der Waals surface area contributed by atoms with Gasteiger partial charge in [-0.05, 0) is 48.7 Å². The van der Waals surface area contributed by atoms with Crippen molar-refractivity contribution in [2.24, 2.45) is 11.0 Å². The Morgan fingerprint density at radius 1 is 1.23 bits per heavy atom. The number of hydrogen-bond donors (Lipinski definition) is 1. The largest absolute Gasteiger partial charge is 0.490 e. The number of carbonyl (C=O) groups is 1. The number of ether oxygens (including phenoxy) is 2. The van der Waals surface area contributed by atoms with Crippen LogP contribution >= 0.6 is 23.1 Å². The molecule has 30 heavy (non-hydrogen) atoms. The molecule has 0 aliphatic rings. The third-order valence-corrected chi connectivity index (χ3v) is 6.02. The Morgan fingerprint density at radius 2 is 2.07 bits per heavy atom. The minimum absolute atomic E-state index is 0.183. The summed E-state index contributed by atoms with van der Waals surface area (Å²) in [6.07, 6.45) is 1.59. The van der Waals surface area contributed by atoms with Crippen LogP contribution in [0.4, 0.5) is 0 Å². The van der Waals surface area contributed by atoms with Gasteiger partial charge < -0.3 is 9.47 Å². The van der Waals surface area contributed by atoms with Crippen molar-refractivity contribution in [2.75, 3.05) is 19.0 Å². The average molecular weight is 444 g/mol. The van der Waals surface area contributed by atoms with E-state index >= 15 is 0 Å². The van der Waals surface area contributed by atoms with Crippen molar-refractivity contribution in [3.63, 3.8) is 0 Å². The second kappa shape index (κ2) is 11.0. The number of aromatic nitrogens is 1. The van der Waals surface area contributed by atoms with Crippen molar-refractivity contribution in [1.82, 2.24) is 10.4 Å². The molecule has 0 radical (unpaired) electrons. The van der Waals surface area contributed by atoms with Crippen molar-refractivity contribution in [3.05, 3.63) is 48.0 Å². The van der Waals surface area contributed by atoms with Gasteiger partial charge in [0, 0.05) is 0 Å². The monoisotopic (exact) mass is 443 g/mol. The number of amides is 1. The van der Waals surface area contributed by atoms with Gasteiger partial charge in [0.1, 0.15) is 0 Å². The summed E-state index contributed by atoms with van der Waals surface area (Å²) in [4.78, 5) is 16.6. The third kappa shape index (κ3) is 6.47. The van der Waals surface area contributed by atoms with E-state index in [1.54, 1.807) is 17.6 Å². The number of nitrogens with zero attached hydrogens (tertiary/aromatic N) is 2. The first-order valence-electron chi connectivity index (χ1n) is 9.75. The SMILES string of the molecule is CCOc1cc(/C=N/NC(=O)CSc2nc3ccccc3s2)ccc1OCC(C)C. The van der Waals surface area contributed by atoms with E-state index in [1.807, 2.05) is 49.4 Å². The summed E-state index contributed by atoms with van der Waals surface area (Å²) in [6.45, 7) is 7.28. The van der Waals surface area contributed by atoms with Crippen molar-refractivity contribution in [1.29, 1.82) is 0 Å². The molecule has 158 valence electrons. The number of benzene rings is 2. The number of hydrazone groups is 1. The first-order chi connectivity index (χ1) is 14.5. The molecule has 0 aliphatic heterocycles. The molecule has 1 aromatic heterocycles. The highest BCUT2D eigenvalue weighted by atomic mass is 32.2. The van der Waals surface area contributed by atoms with Crippen molar-refractivity contribution in [2.45, 2.75) is 25.1 Å². The van der Waals surface area contributed by atoms with Crippen LogP contribution < -0.4 is 14.9 Å². The molecule has 3 rings (SSSR count). The van der Waals surface area contributed by atoms with E-state index < -0.39 is 0 Å². The predicted octanol–water partition coefficient (Wildman–Crippen LogP) is 4.97. The first-order valence-corrected chi connectivity index (χ1v) is 11.5. The summed E-state index contributed by atoms with van der Waals surface area (Å²) in [5.41, 5.74) is 4.32. The molecular weight excluding hydrogens is 418 g/mol. The van der Waals surface area contributed by atoms with Crippen LogP contribution in [-0.2, 0) is 4.79 Å². The van der Waals surface area contributed by atoms with Gasteiger partial charge in [-0.1, -0.05) is 37.7 Å². The van der Waals surface area contributed by atoms with Gasteiger partial charge in [-0.3, -0.25) is 4.79 Å². The van der Waals surface area contributed by atoms with Crippen LogP contribution in [0.2, 0.25) is 0 Å². The van der Waals surface area contributed by atoms with E-state index in [1.165, 1.54) is 11.8 Å². The van der Waals surface area contributed by atoms with Gasteiger partial charge in [-0.2, -0.15) is 5.10 Å². The Hall–Kier alpha value is -2.58. The van der Waals surface area contributed by atoms with E-state index in [0.29, 0.717) is 30.6 Å². The zero-order valence-electron chi connectivity index (χ0n) is 17.3. The molecule has 1 heterocycles. The zero-order valence-corrected chi connectivity index (χ0v) is 18.9. The molecule has 0 saturated heterocycles. The molecule has 1 N–H and O–H groups in total. The number of thiazole rings is 1.